The summed E-state index contributed by atoms with van der Waals surface area (Å²) in [5.74, 6) is 0.546. The lowest BCUT2D eigenvalue weighted by atomic mass is 10.1. The number of anilines is 2. The Morgan fingerprint density at radius 3 is 2.40 bits per heavy atom. The molecule has 8 heteroatoms. The number of nitrogens with one attached hydrogen (secondary N) is 2. The largest absolute Gasteiger partial charge is 0.481 e. The zero-order chi connectivity index (χ0) is 21.7. The lowest BCUT2D eigenvalue weighted by Crippen LogP contribution is -2.30. The number of hydrogen-bond donors (Lipinski definition) is 2. The van der Waals surface area contributed by atoms with E-state index in [1.165, 1.54) is 30.5 Å². The molecule has 3 rings (SSSR count). The lowest BCUT2D eigenvalue weighted by Gasteiger charge is -2.17. The van der Waals surface area contributed by atoms with Gasteiger partial charge < -0.3 is 10.1 Å². The van der Waals surface area contributed by atoms with Crippen molar-refractivity contribution in [2.45, 2.75) is 31.8 Å². The van der Waals surface area contributed by atoms with E-state index in [0.717, 1.165) is 11.1 Å². The molecule has 2 N–H and O–H groups in total. The zero-order valence-electron chi connectivity index (χ0n) is 16.9. The van der Waals surface area contributed by atoms with Crippen molar-refractivity contribution in [3.8, 4) is 5.75 Å². The number of sulfonamides is 1. The molecule has 0 radical (unpaired) electrons. The van der Waals surface area contributed by atoms with Crippen molar-refractivity contribution < 1.29 is 17.9 Å². The molecule has 0 bridgehead atoms. The maximum atomic E-state index is 12.5. The van der Waals surface area contributed by atoms with Gasteiger partial charge >= 0.3 is 0 Å². The van der Waals surface area contributed by atoms with Crippen LogP contribution < -0.4 is 14.8 Å². The number of amides is 1. The predicted molar refractivity (Wildman–Crippen MR) is 116 cm³/mol. The van der Waals surface area contributed by atoms with Gasteiger partial charge in [0.1, 0.15) is 11.6 Å². The van der Waals surface area contributed by atoms with Crippen LogP contribution in [0.5, 0.6) is 5.75 Å². The van der Waals surface area contributed by atoms with E-state index in [1.54, 1.807) is 25.1 Å². The number of carbonyl (C=O) groups excluding carboxylic acids is 1. The Labute approximate surface area is 176 Å². The highest BCUT2D eigenvalue weighted by molar-refractivity contribution is 7.92. The van der Waals surface area contributed by atoms with E-state index in [0.29, 0.717) is 11.4 Å². The van der Waals surface area contributed by atoms with Gasteiger partial charge in [-0.3, -0.25) is 9.52 Å². The van der Waals surface area contributed by atoms with Crippen molar-refractivity contribution in [3.05, 3.63) is 78.0 Å². The molecule has 1 heterocycles. The number of aryl methyl sites for hydroxylation is 1. The first-order valence-corrected chi connectivity index (χ1v) is 10.8. The molecule has 30 heavy (non-hydrogen) atoms. The minimum absolute atomic E-state index is 0.0610. The van der Waals surface area contributed by atoms with E-state index in [-0.39, 0.29) is 16.6 Å². The number of rotatable bonds is 7. The molecule has 0 aliphatic heterocycles. The smallest absolute Gasteiger partial charge is 0.265 e. The highest BCUT2D eigenvalue weighted by Gasteiger charge is 2.18. The Balaban J connectivity index is 1.64. The van der Waals surface area contributed by atoms with Gasteiger partial charge in [-0.15, -0.1) is 0 Å². The summed E-state index contributed by atoms with van der Waals surface area (Å²) in [7, 11) is -3.77. The topological polar surface area (TPSA) is 97.4 Å². The van der Waals surface area contributed by atoms with Gasteiger partial charge in [0, 0.05) is 11.9 Å². The average Bonchev–Trinajstić information content (AvgIpc) is 2.72. The Kier molecular flexibility index (Phi) is 6.37. The van der Waals surface area contributed by atoms with Gasteiger partial charge in [0.15, 0.2) is 6.10 Å². The third kappa shape index (κ3) is 5.15. The molecule has 3 aromatic rings. The van der Waals surface area contributed by atoms with Crippen LogP contribution in [-0.2, 0) is 14.8 Å². The summed E-state index contributed by atoms with van der Waals surface area (Å²) in [4.78, 5) is 16.5. The molecular weight excluding hydrogens is 402 g/mol. The maximum Gasteiger partial charge on any atom is 0.265 e. The Morgan fingerprint density at radius 2 is 1.73 bits per heavy atom. The lowest BCUT2D eigenvalue weighted by molar-refractivity contribution is -0.122. The van der Waals surface area contributed by atoms with E-state index in [4.69, 9.17) is 4.74 Å². The van der Waals surface area contributed by atoms with Gasteiger partial charge in [-0.25, -0.2) is 13.4 Å². The minimum Gasteiger partial charge on any atom is -0.481 e. The Bertz CT molecular complexity index is 1130. The van der Waals surface area contributed by atoms with Crippen molar-refractivity contribution in [3.63, 3.8) is 0 Å². The summed E-state index contributed by atoms with van der Waals surface area (Å²) in [5.41, 5.74) is 2.52. The molecule has 0 aliphatic rings. The molecular formula is C22H23N3O4S. The van der Waals surface area contributed by atoms with Crippen LogP contribution in [-0.4, -0.2) is 25.4 Å². The first-order chi connectivity index (χ1) is 14.3. The normalized spacial score (nSPS) is 12.1. The van der Waals surface area contributed by atoms with Crippen LogP contribution in [0.4, 0.5) is 11.5 Å². The minimum atomic E-state index is -3.77. The quantitative estimate of drug-likeness (QED) is 0.598. The van der Waals surface area contributed by atoms with Gasteiger partial charge in [0.25, 0.3) is 15.9 Å². The molecule has 1 amide bonds. The number of ether oxygens (including phenoxy) is 1. The molecule has 156 valence electrons. The third-order valence-electron chi connectivity index (χ3n) is 4.56. The van der Waals surface area contributed by atoms with Crippen molar-refractivity contribution >= 4 is 27.4 Å². The zero-order valence-corrected chi connectivity index (χ0v) is 17.7. The van der Waals surface area contributed by atoms with Crippen molar-refractivity contribution in [1.82, 2.24) is 4.98 Å². The average molecular weight is 426 g/mol. The van der Waals surface area contributed by atoms with E-state index in [9.17, 15) is 13.2 Å². The van der Waals surface area contributed by atoms with Crippen molar-refractivity contribution in [2.24, 2.45) is 0 Å². The summed E-state index contributed by atoms with van der Waals surface area (Å²) in [5, 5.41) is 2.73. The molecule has 0 spiro atoms. The second-order valence-corrected chi connectivity index (χ2v) is 8.47. The van der Waals surface area contributed by atoms with Gasteiger partial charge in [0.2, 0.25) is 0 Å². The molecule has 0 aliphatic carbocycles. The fourth-order valence-corrected chi connectivity index (χ4v) is 3.69. The van der Waals surface area contributed by atoms with Crippen LogP contribution in [0.2, 0.25) is 0 Å². The van der Waals surface area contributed by atoms with E-state index < -0.39 is 16.1 Å². The fourth-order valence-electron chi connectivity index (χ4n) is 2.68. The number of benzene rings is 2. The molecule has 7 nitrogen and oxygen atoms in total. The monoisotopic (exact) mass is 425 g/mol. The van der Waals surface area contributed by atoms with Gasteiger partial charge in [-0.05, 0) is 74.4 Å². The summed E-state index contributed by atoms with van der Waals surface area (Å²) >= 11 is 0. The van der Waals surface area contributed by atoms with Gasteiger partial charge in [0.05, 0.1) is 4.90 Å². The molecule has 2 aromatic carbocycles. The van der Waals surface area contributed by atoms with Crippen molar-refractivity contribution in [1.29, 1.82) is 0 Å². The first-order valence-electron chi connectivity index (χ1n) is 9.34. The number of pyridine rings is 1. The van der Waals surface area contributed by atoms with Crippen LogP contribution in [0, 0.1) is 13.8 Å². The van der Waals surface area contributed by atoms with Crippen LogP contribution in [0.3, 0.4) is 0 Å². The highest BCUT2D eigenvalue weighted by atomic mass is 32.2. The van der Waals surface area contributed by atoms with Gasteiger partial charge in [-0.2, -0.15) is 0 Å². The van der Waals surface area contributed by atoms with E-state index in [2.05, 4.69) is 15.0 Å². The number of nitrogens with zero attached hydrogens (tertiary/aromatic N) is 1. The maximum absolute atomic E-state index is 12.5. The number of aromatic nitrogens is 1. The third-order valence-corrected chi connectivity index (χ3v) is 5.93. The predicted octanol–water partition coefficient (Wildman–Crippen LogP) is 3.91. The van der Waals surface area contributed by atoms with Crippen LogP contribution >= 0.6 is 0 Å². The second-order valence-electron chi connectivity index (χ2n) is 6.79. The molecule has 0 saturated heterocycles. The first kappa shape index (κ1) is 21.3. The highest BCUT2D eigenvalue weighted by Crippen LogP contribution is 2.22. The van der Waals surface area contributed by atoms with Crippen LogP contribution in [0.1, 0.15) is 18.1 Å². The second kappa shape index (κ2) is 8.96. The van der Waals surface area contributed by atoms with Crippen molar-refractivity contribution in [2.75, 3.05) is 10.0 Å². The fraction of sp³-hybridized carbons (Fsp3) is 0.182. The Hall–Kier alpha value is -3.39. The summed E-state index contributed by atoms with van der Waals surface area (Å²) in [6.07, 6.45) is 0.776. The molecule has 1 atom stereocenters. The van der Waals surface area contributed by atoms with Gasteiger partial charge in [-0.1, -0.05) is 18.2 Å². The molecule has 0 unspecified atom stereocenters. The Morgan fingerprint density at radius 1 is 1.00 bits per heavy atom. The summed E-state index contributed by atoms with van der Waals surface area (Å²) in [6, 6.07) is 16.5. The molecule has 0 fully saturated rings. The summed E-state index contributed by atoms with van der Waals surface area (Å²) in [6.45, 7) is 5.57. The number of carbonyl (C=O) groups is 1. The van der Waals surface area contributed by atoms with Crippen LogP contribution in [0.25, 0.3) is 0 Å². The van der Waals surface area contributed by atoms with E-state index in [1.807, 2.05) is 32.0 Å². The number of hydrogen-bond acceptors (Lipinski definition) is 5. The summed E-state index contributed by atoms with van der Waals surface area (Å²) < 4.78 is 33.1. The SMILES string of the molecule is Cc1cccc(O[C@H](C)C(=O)Nc2ccc(S(=O)(=O)Nc3ccccn3)cc2)c1C. The standard InChI is InChI=1S/C22H23N3O4S/c1-15-7-6-8-20(16(15)2)29-17(3)22(26)24-18-10-12-19(13-11-18)30(27,28)25-21-9-4-5-14-23-21/h4-14,17H,1-3H3,(H,23,25)(H,24,26)/t17-/m1/s1. The molecule has 0 saturated carbocycles. The van der Waals surface area contributed by atoms with E-state index >= 15 is 0 Å². The van der Waals surface area contributed by atoms with Crippen LogP contribution in [0.15, 0.2) is 71.8 Å². The molecule has 1 aromatic heterocycles.